The van der Waals surface area contributed by atoms with Crippen molar-refractivity contribution in [3.8, 4) is 5.75 Å². The molecule has 1 N–H and O–H groups in total. The number of phenols is 1. The predicted molar refractivity (Wildman–Crippen MR) is 57.8 cm³/mol. The molecule has 0 saturated heterocycles. The average molecular weight is 208 g/mol. The lowest BCUT2D eigenvalue weighted by atomic mass is 10.1. The molecule has 1 aromatic carbocycles. The smallest absolute Gasteiger partial charge is 0.136 e. The van der Waals surface area contributed by atoms with E-state index in [1.165, 1.54) is 0 Å². The summed E-state index contributed by atoms with van der Waals surface area (Å²) in [6.45, 7) is 2.07. The van der Waals surface area contributed by atoms with Gasteiger partial charge in [0.05, 0.1) is 0 Å². The fourth-order valence-electron chi connectivity index (χ4n) is 1.54. The lowest BCUT2D eigenvalue weighted by Gasteiger charge is -2.05. The van der Waals surface area contributed by atoms with Crippen LogP contribution in [0.4, 0.5) is 0 Å². The van der Waals surface area contributed by atoms with Crippen LogP contribution >= 0.6 is 11.6 Å². The number of pyridine rings is 1. The van der Waals surface area contributed by atoms with E-state index in [0.717, 1.165) is 22.8 Å². The summed E-state index contributed by atoms with van der Waals surface area (Å²) in [6.07, 6.45) is 2.69. The predicted octanol–water partition coefficient (Wildman–Crippen LogP) is 3.16. The molecule has 14 heavy (non-hydrogen) atoms. The van der Waals surface area contributed by atoms with Crippen LogP contribution in [0, 0.1) is 0 Å². The van der Waals surface area contributed by atoms with E-state index in [2.05, 4.69) is 11.9 Å². The molecule has 2 aromatic rings. The van der Waals surface area contributed by atoms with E-state index in [1.54, 1.807) is 18.3 Å². The number of rotatable bonds is 1. The SMILES string of the molecule is CCc1cnc(Cl)c2cc(O)ccc12. The molecule has 0 saturated carbocycles. The topological polar surface area (TPSA) is 33.1 Å². The Morgan fingerprint density at radius 2 is 2.14 bits per heavy atom. The molecule has 0 aliphatic heterocycles. The number of aromatic hydroxyl groups is 1. The zero-order chi connectivity index (χ0) is 10.1. The van der Waals surface area contributed by atoms with Crippen LogP contribution in [0.1, 0.15) is 12.5 Å². The molecule has 3 heteroatoms. The highest BCUT2D eigenvalue weighted by molar-refractivity contribution is 6.34. The first-order valence-electron chi connectivity index (χ1n) is 4.48. The number of phenolic OH excluding ortho intramolecular Hbond substituents is 1. The number of hydrogen-bond acceptors (Lipinski definition) is 2. The summed E-state index contributed by atoms with van der Waals surface area (Å²) in [4.78, 5) is 4.07. The summed E-state index contributed by atoms with van der Waals surface area (Å²) >= 11 is 5.94. The van der Waals surface area contributed by atoms with Gasteiger partial charge in [-0.3, -0.25) is 0 Å². The van der Waals surface area contributed by atoms with Crippen molar-refractivity contribution >= 4 is 22.4 Å². The Hall–Kier alpha value is -1.28. The van der Waals surface area contributed by atoms with Crippen molar-refractivity contribution in [3.63, 3.8) is 0 Å². The summed E-state index contributed by atoms with van der Waals surface area (Å²) in [5.74, 6) is 0.217. The van der Waals surface area contributed by atoms with Crippen LogP contribution in [0.2, 0.25) is 5.15 Å². The van der Waals surface area contributed by atoms with Crippen molar-refractivity contribution in [3.05, 3.63) is 35.1 Å². The van der Waals surface area contributed by atoms with Crippen LogP contribution in [0.25, 0.3) is 10.8 Å². The van der Waals surface area contributed by atoms with Crippen LogP contribution in [0.5, 0.6) is 5.75 Å². The second-order valence-corrected chi connectivity index (χ2v) is 3.52. The maximum Gasteiger partial charge on any atom is 0.136 e. The third kappa shape index (κ3) is 1.42. The largest absolute Gasteiger partial charge is 0.508 e. The summed E-state index contributed by atoms with van der Waals surface area (Å²) in [7, 11) is 0. The molecule has 1 aromatic heterocycles. The Morgan fingerprint density at radius 1 is 1.36 bits per heavy atom. The van der Waals surface area contributed by atoms with Crippen molar-refractivity contribution < 1.29 is 5.11 Å². The first-order valence-corrected chi connectivity index (χ1v) is 4.86. The van der Waals surface area contributed by atoms with Gasteiger partial charge in [-0.1, -0.05) is 24.6 Å². The molecule has 0 atom stereocenters. The molecule has 2 rings (SSSR count). The van der Waals surface area contributed by atoms with Crippen LogP contribution in [-0.2, 0) is 6.42 Å². The lowest BCUT2D eigenvalue weighted by Crippen LogP contribution is -1.87. The fraction of sp³-hybridized carbons (Fsp3) is 0.182. The number of benzene rings is 1. The van der Waals surface area contributed by atoms with Crippen LogP contribution in [0.15, 0.2) is 24.4 Å². The normalized spacial score (nSPS) is 10.7. The number of aryl methyl sites for hydroxylation is 1. The summed E-state index contributed by atoms with van der Waals surface area (Å²) < 4.78 is 0. The quantitative estimate of drug-likeness (QED) is 0.729. The molecule has 0 radical (unpaired) electrons. The first kappa shape index (κ1) is 9.28. The summed E-state index contributed by atoms with van der Waals surface area (Å²) in [5.41, 5.74) is 1.14. The minimum atomic E-state index is 0.217. The first-order chi connectivity index (χ1) is 6.72. The van der Waals surface area contributed by atoms with E-state index in [1.807, 2.05) is 6.07 Å². The number of nitrogens with zero attached hydrogens (tertiary/aromatic N) is 1. The Bertz CT molecular complexity index is 482. The van der Waals surface area contributed by atoms with E-state index in [0.29, 0.717) is 5.15 Å². The molecule has 0 unspecified atom stereocenters. The molecule has 0 amide bonds. The number of halogens is 1. The lowest BCUT2D eigenvalue weighted by molar-refractivity contribution is 0.476. The number of hydrogen-bond donors (Lipinski definition) is 1. The molecule has 1 heterocycles. The van der Waals surface area contributed by atoms with Crippen LogP contribution in [0.3, 0.4) is 0 Å². The minimum absolute atomic E-state index is 0.217. The Kier molecular flexibility index (Phi) is 2.30. The van der Waals surface area contributed by atoms with Gasteiger partial charge in [0.15, 0.2) is 0 Å². The summed E-state index contributed by atoms with van der Waals surface area (Å²) in [6, 6.07) is 5.18. The van der Waals surface area contributed by atoms with Gasteiger partial charge in [0.2, 0.25) is 0 Å². The highest BCUT2D eigenvalue weighted by Crippen LogP contribution is 2.27. The van der Waals surface area contributed by atoms with Gasteiger partial charge in [-0.05, 0) is 29.5 Å². The molecule has 0 aliphatic rings. The Balaban J connectivity index is 2.84. The highest BCUT2D eigenvalue weighted by atomic mass is 35.5. The zero-order valence-corrected chi connectivity index (χ0v) is 8.54. The number of aromatic nitrogens is 1. The Morgan fingerprint density at radius 3 is 2.86 bits per heavy atom. The van der Waals surface area contributed by atoms with Gasteiger partial charge >= 0.3 is 0 Å². The molecule has 0 fully saturated rings. The van der Waals surface area contributed by atoms with Gasteiger partial charge in [-0.15, -0.1) is 0 Å². The van der Waals surface area contributed by atoms with E-state index in [9.17, 15) is 5.11 Å². The minimum Gasteiger partial charge on any atom is -0.508 e. The monoisotopic (exact) mass is 207 g/mol. The maximum atomic E-state index is 9.33. The van der Waals surface area contributed by atoms with Crippen molar-refractivity contribution in [1.29, 1.82) is 0 Å². The van der Waals surface area contributed by atoms with Crippen molar-refractivity contribution in [2.75, 3.05) is 0 Å². The van der Waals surface area contributed by atoms with E-state index >= 15 is 0 Å². The van der Waals surface area contributed by atoms with E-state index in [-0.39, 0.29) is 5.75 Å². The average Bonchev–Trinajstić information content (AvgIpc) is 2.19. The summed E-state index contributed by atoms with van der Waals surface area (Å²) in [5, 5.41) is 11.6. The van der Waals surface area contributed by atoms with Gasteiger partial charge < -0.3 is 5.11 Å². The standard InChI is InChI=1S/C11H10ClNO/c1-2-7-6-13-11(12)10-5-8(14)3-4-9(7)10/h3-6,14H,2H2,1H3. The Labute approximate surface area is 87.2 Å². The second-order valence-electron chi connectivity index (χ2n) is 3.16. The van der Waals surface area contributed by atoms with Gasteiger partial charge in [0.25, 0.3) is 0 Å². The second kappa shape index (κ2) is 3.46. The zero-order valence-electron chi connectivity index (χ0n) is 7.79. The molecule has 0 spiro atoms. The molecular weight excluding hydrogens is 198 g/mol. The molecule has 0 bridgehead atoms. The van der Waals surface area contributed by atoms with Gasteiger partial charge in [0.1, 0.15) is 10.9 Å². The molecule has 0 aliphatic carbocycles. The van der Waals surface area contributed by atoms with Crippen molar-refractivity contribution in [2.24, 2.45) is 0 Å². The van der Waals surface area contributed by atoms with Gasteiger partial charge in [-0.25, -0.2) is 4.98 Å². The molecule has 2 nitrogen and oxygen atoms in total. The highest BCUT2D eigenvalue weighted by Gasteiger charge is 2.05. The van der Waals surface area contributed by atoms with E-state index in [4.69, 9.17) is 11.6 Å². The molecule has 72 valence electrons. The molecular formula is C11H10ClNO. The van der Waals surface area contributed by atoms with Crippen LogP contribution in [-0.4, -0.2) is 10.1 Å². The van der Waals surface area contributed by atoms with E-state index < -0.39 is 0 Å². The van der Waals surface area contributed by atoms with Crippen molar-refractivity contribution in [2.45, 2.75) is 13.3 Å². The number of fused-ring (bicyclic) bond motifs is 1. The van der Waals surface area contributed by atoms with Crippen molar-refractivity contribution in [1.82, 2.24) is 4.98 Å². The third-order valence-corrected chi connectivity index (χ3v) is 2.59. The van der Waals surface area contributed by atoms with Gasteiger partial charge in [-0.2, -0.15) is 0 Å². The van der Waals surface area contributed by atoms with Gasteiger partial charge in [0, 0.05) is 11.6 Å². The third-order valence-electron chi connectivity index (χ3n) is 2.29. The fourth-order valence-corrected chi connectivity index (χ4v) is 1.74. The maximum absolute atomic E-state index is 9.33. The van der Waals surface area contributed by atoms with Crippen LogP contribution < -0.4 is 0 Å².